The van der Waals surface area contributed by atoms with Crippen LogP contribution >= 0.6 is 11.8 Å². The van der Waals surface area contributed by atoms with Gasteiger partial charge in [-0.2, -0.15) is 0 Å². The number of pyridine rings is 1. The van der Waals surface area contributed by atoms with Gasteiger partial charge >= 0.3 is 5.30 Å². The molecule has 2 rings (SSSR count). The molecule has 1 aromatic heterocycles. The number of aromatic nitrogens is 1. The van der Waals surface area contributed by atoms with E-state index >= 15 is 0 Å². The lowest BCUT2D eigenvalue weighted by Gasteiger charge is -2.14. The van der Waals surface area contributed by atoms with Crippen molar-refractivity contribution in [3.8, 4) is 0 Å². The highest BCUT2D eigenvalue weighted by Crippen LogP contribution is 2.11. The second-order valence-electron chi connectivity index (χ2n) is 6.61. The number of rotatable bonds is 10. The van der Waals surface area contributed by atoms with E-state index in [0.29, 0.717) is 6.61 Å². The summed E-state index contributed by atoms with van der Waals surface area (Å²) in [4.78, 5) is 12.7. The zero-order valence-electron chi connectivity index (χ0n) is 17.0. The van der Waals surface area contributed by atoms with Crippen molar-refractivity contribution in [3.05, 3.63) is 59.9 Å². The van der Waals surface area contributed by atoms with E-state index in [2.05, 4.69) is 59.4 Å². The van der Waals surface area contributed by atoms with Crippen LogP contribution in [-0.4, -0.2) is 44.3 Å². The smallest absolute Gasteiger partial charge is 0.367 e. The Hall–Kier alpha value is -2.31. The number of carbonyl (C=O) groups excluding carboxylic acids is 1. The third-order valence-electron chi connectivity index (χ3n) is 4.34. The number of likely N-dealkylation sites (N-methyl/N-ethyl adjacent to an activating group) is 1. The lowest BCUT2D eigenvalue weighted by Crippen LogP contribution is -3.10. The summed E-state index contributed by atoms with van der Waals surface area (Å²) in [7, 11) is 4.19. The molecule has 2 aromatic rings. The number of nitrogens with zero attached hydrogens (tertiary/aromatic N) is 1. The van der Waals surface area contributed by atoms with Gasteiger partial charge in [-0.15, -0.1) is 0 Å². The van der Waals surface area contributed by atoms with Crippen molar-refractivity contribution >= 4 is 34.9 Å². The Morgan fingerprint density at radius 3 is 2.68 bits per heavy atom. The molecular weight excluding hydrogens is 370 g/mol. The van der Waals surface area contributed by atoms with Gasteiger partial charge in [0.25, 0.3) is 0 Å². The van der Waals surface area contributed by atoms with Gasteiger partial charge < -0.3 is 15.0 Å². The van der Waals surface area contributed by atoms with Crippen molar-refractivity contribution < 1.29 is 19.0 Å². The van der Waals surface area contributed by atoms with Crippen molar-refractivity contribution in [2.75, 3.05) is 44.4 Å². The first-order valence-corrected chi connectivity index (χ1v) is 10.6. The van der Waals surface area contributed by atoms with Crippen LogP contribution in [0.15, 0.2) is 48.7 Å². The van der Waals surface area contributed by atoms with Crippen LogP contribution in [-0.2, 0) is 11.8 Å². The maximum Gasteiger partial charge on any atom is 0.367 e. The lowest BCUT2D eigenvalue weighted by molar-refractivity contribution is -0.875. The number of hydrogen-bond donors (Lipinski definition) is 2. The molecule has 2 N–H and O–H groups in total. The predicted molar refractivity (Wildman–Crippen MR) is 118 cm³/mol. The van der Waals surface area contributed by atoms with Crippen LogP contribution in [0.5, 0.6) is 0 Å². The van der Waals surface area contributed by atoms with E-state index < -0.39 is 0 Å². The number of quaternary nitrogens is 1. The summed E-state index contributed by atoms with van der Waals surface area (Å²) in [5, 5.41) is 3.28. The second kappa shape index (κ2) is 12.2. The van der Waals surface area contributed by atoms with E-state index in [1.165, 1.54) is 22.2 Å². The average Bonchev–Trinajstić information content (AvgIpc) is 2.68. The molecule has 0 aliphatic carbocycles. The molecule has 0 amide bonds. The Bertz CT molecular complexity index is 763. The fourth-order valence-corrected chi connectivity index (χ4v) is 3.44. The van der Waals surface area contributed by atoms with E-state index in [0.717, 1.165) is 36.8 Å². The number of thioether (sulfide) groups is 1. The standard InChI is InChI=1S/C22H29N3O2S/c1-4-27-22(26)28-18-17-24(2)16-14-23-20-11-8-19(9-12-20)10-13-21-7-5-6-15-25(21)3/h5-13,15H,4,14,16-18H2,1-3H3/p+2. The van der Waals surface area contributed by atoms with Gasteiger partial charge in [-0.25, -0.2) is 9.36 Å². The van der Waals surface area contributed by atoms with Gasteiger partial charge in [0.05, 0.1) is 39.0 Å². The van der Waals surface area contributed by atoms with Gasteiger partial charge in [-0.05, 0) is 48.5 Å². The topological polar surface area (TPSA) is 46.7 Å². The zero-order valence-corrected chi connectivity index (χ0v) is 17.8. The molecule has 6 heteroatoms. The first-order valence-electron chi connectivity index (χ1n) is 9.66. The van der Waals surface area contributed by atoms with Gasteiger partial charge in [-0.3, -0.25) is 0 Å². The van der Waals surface area contributed by atoms with Crippen molar-refractivity contribution in [1.82, 2.24) is 0 Å². The van der Waals surface area contributed by atoms with Crippen molar-refractivity contribution in [3.63, 3.8) is 0 Å². The molecule has 0 bridgehead atoms. The number of nitrogens with one attached hydrogen (secondary N) is 2. The first kappa shape index (κ1) is 22.0. The summed E-state index contributed by atoms with van der Waals surface area (Å²) in [5.41, 5.74) is 3.46. The van der Waals surface area contributed by atoms with Crippen LogP contribution in [0.25, 0.3) is 12.2 Å². The minimum absolute atomic E-state index is 0.177. The number of carbonyl (C=O) groups is 1. The van der Waals surface area contributed by atoms with Gasteiger partial charge in [0.1, 0.15) is 7.05 Å². The molecule has 1 aromatic carbocycles. The highest BCUT2D eigenvalue weighted by molar-refractivity contribution is 8.13. The molecule has 0 saturated carbocycles. The Labute approximate surface area is 172 Å². The Morgan fingerprint density at radius 1 is 1.18 bits per heavy atom. The lowest BCUT2D eigenvalue weighted by atomic mass is 10.1. The first-order chi connectivity index (χ1) is 13.6. The highest BCUT2D eigenvalue weighted by Gasteiger charge is 2.06. The fraction of sp³-hybridized carbons (Fsp3) is 0.364. The predicted octanol–water partition coefficient (Wildman–Crippen LogP) is 2.50. The summed E-state index contributed by atoms with van der Waals surface area (Å²) in [5.74, 6) is 0.783. The molecule has 5 nitrogen and oxygen atoms in total. The molecule has 28 heavy (non-hydrogen) atoms. The molecule has 0 aliphatic rings. The van der Waals surface area contributed by atoms with Crippen molar-refractivity contribution in [1.29, 1.82) is 0 Å². The van der Waals surface area contributed by atoms with Crippen LogP contribution < -0.4 is 14.8 Å². The Kier molecular flexibility index (Phi) is 9.59. The summed E-state index contributed by atoms with van der Waals surface area (Å²) < 4.78 is 7.01. The van der Waals surface area contributed by atoms with E-state index in [-0.39, 0.29) is 5.30 Å². The van der Waals surface area contributed by atoms with E-state index in [4.69, 9.17) is 4.74 Å². The number of hydrogen-bond acceptors (Lipinski definition) is 4. The zero-order chi connectivity index (χ0) is 20.2. The fourth-order valence-electron chi connectivity index (χ4n) is 2.62. The van der Waals surface area contributed by atoms with Crippen LogP contribution in [0.2, 0.25) is 0 Å². The van der Waals surface area contributed by atoms with Gasteiger partial charge in [0.15, 0.2) is 6.20 Å². The largest absolute Gasteiger partial charge is 0.458 e. The molecular formula is C22H31N3O2S+2. The minimum Gasteiger partial charge on any atom is -0.458 e. The van der Waals surface area contributed by atoms with E-state index in [1.807, 2.05) is 32.3 Å². The van der Waals surface area contributed by atoms with E-state index in [9.17, 15) is 4.79 Å². The Balaban J connectivity index is 1.70. The van der Waals surface area contributed by atoms with Crippen LogP contribution in [0.1, 0.15) is 18.2 Å². The summed E-state index contributed by atoms with van der Waals surface area (Å²) in [6.07, 6.45) is 6.29. The molecule has 1 atom stereocenters. The molecule has 1 heterocycles. The number of anilines is 1. The third-order valence-corrected chi connectivity index (χ3v) is 5.11. The van der Waals surface area contributed by atoms with Crippen LogP contribution in [0, 0.1) is 0 Å². The van der Waals surface area contributed by atoms with Crippen molar-refractivity contribution in [2.24, 2.45) is 7.05 Å². The second-order valence-corrected chi connectivity index (χ2v) is 7.64. The maximum absolute atomic E-state index is 11.3. The molecule has 0 spiro atoms. The normalized spacial score (nSPS) is 12.1. The SMILES string of the molecule is CCOC(=O)SCC[NH+](C)CCNc1ccc(/C=C/c2cccc[n+]2C)cc1. The third kappa shape index (κ3) is 8.15. The monoisotopic (exact) mass is 401 g/mol. The van der Waals surface area contributed by atoms with Gasteiger partial charge in [0, 0.05) is 23.9 Å². The molecule has 150 valence electrons. The molecule has 1 unspecified atom stereocenters. The van der Waals surface area contributed by atoms with Crippen LogP contribution in [0.4, 0.5) is 10.5 Å². The molecule has 0 saturated heterocycles. The number of aryl methyl sites for hydroxylation is 1. The van der Waals surface area contributed by atoms with E-state index in [1.54, 1.807) is 0 Å². The number of benzene rings is 1. The van der Waals surface area contributed by atoms with Gasteiger partial charge in [0.2, 0.25) is 5.69 Å². The number of ether oxygens (including phenoxy) is 1. The minimum atomic E-state index is -0.177. The quantitative estimate of drug-likeness (QED) is 0.474. The van der Waals surface area contributed by atoms with Gasteiger partial charge in [-0.1, -0.05) is 12.1 Å². The molecule has 0 radical (unpaired) electrons. The maximum atomic E-state index is 11.3. The highest BCUT2D eigenvalue weighted by atomic mass is 32.2. The molecule has 0 fully saturated rings. The Morgan fingerprint density at radius 2 is 1.96 bits per heavy atom. The summed E-state index contributed by atoms with van der Waals surface area (Å²) in [6.45, 7) is 5.10. The molecule has 0 aliphatic heterocycles. The summed E-state index contributed by atoms with van der Waals surface area (Å²) >= 11 is 1.25. The summed E-state index contributed by atoms with van der Waals surface area (Å²) in [6, 6.07) is 14.6. The van der Waals surface area contributed by atoms with Crippen LogP contribution in [0.3, 0.4) is 0 Å². The van der Waals surface area contributed by atoms with Crippen molar-refractivity contribution in [2.45, 2.75) is 6.92 Å². The average molecular weight is 402 g/mol.